The van der Waals surface area contributed by atoms with Gasteiger partial charge in [0, 0.05) is 10.9 Å². The molecule has 0 unspecified atom stereocenters. The fraction of sp³-hybridized carbons (Fsp3) is 0.684. The number of rotatable bonds is 7. The molecular formula is C19H31N3O2S. The lowest BCUT2D eigenvalue weighted by Gasteiger charge is -2.39. The van der Waals surface area contributed by atoms with Crippen LogP contribution in [0.4, 0.5) is 4.79 Å². The second kappa shape index (κ2) is 8.70. The van der Waals surface area contributed by atoms with Crippen LogP contribution in [0.3, 0.4) is 0 Å². The van der Waals surface area contributed by atoms with Crippen LogP contribution in [0.1, 0.15) is 70.2 Å². The maximum atomic E-state index is 12.4. The third-order valence-corrected chi connectivity index (χ3v) is 6.69. The molecule has 1 aromatic heterocycles. The van der Waals surface area contributed by atoms with E-state index in [0.29, 0.717) is 5.41 Å². The highest BCUT2D eigenvalue weighted by Crippen LogP contribution is 2.40. The van der Waals surface area contributed by atoms with Crippen molar-refractivity contribution in [3.8, 4) is 0 Å². The van der Waals surface area contributed by atoms with Crippen LogP contribution in [0.15, 0.2) is 17.5 Å². The molecule has 0 aromatic carbocycles. The molecule has 5 nitrogen and oxygen atoms in total. The van der Waals surface area contributed by atoms with Gasteiger partial charge in [-0.1, -0.05) is 33.3 Å². The summed E-state index contributed by atoms with van der Waals surface area (Å²) >= 11 is 1.52. The number of urea groups is 1. The Morgan fingerprint density at radius 3 is 2.52 bits per heavy atom. The van der Waals surface area contributed by atoms with Crippen molar-refractivity contribution in [3.05, 3.63) is 22.4 Å². The number of nitrogens with two attached hydrogens (primary N) is 1. The van der Waals surface area contributed by atoms with Crippen molar-refractivity contribution in [3.63, 3.8) is 0 Å². The standard InChI is InChI=1S/C19H31N3O2S/c1-4-19(2,3)13-7-9-14(10-8-13)21-17(23)12-15(22-18(20)24)16-6-5-11-25-16/h5-6,11,13-15H,4,7-10,12H2,1-3H3,(H,21,23)(H3,20,22,24)/t13?,14?,15-/m1/s1. The van der Waals surface area contributed by atoms with E-state index in [9.17, 15) is 9.59 Å². The summed E-state index contributed by atoms with van der Waals surface area (Å²) in [7, 11) is 0. The molecule has 0 spiro atoms. The van der Waals surface area contributed by atoms with Gasteiger partial charge in [-0.3, -0.25) is 4.79 Å². The molecule has 1 aliphatic rings. The summed E-state index contributed by atoms with van der Waals surface area (Å²) in [5.74, 6) is 0.714. The molecule has 0 aliphatic heterocycles. The maximum absolute atomic E-state index is 12.4. The Kier molecular flexibility index (Phi) is 6.87. The number of carbonyl (C=O) groups excluding carboxylic acids is 2. The summed E-state index contributed by atoms with van der Waals surface area (Å²) in [5.41, 5.74) is 5.63. The maximum Gasteiger partial charge on any atom is 0.312 e. The van der Waals surface area contributed by atoms with E-state index in [-0.39, 0.29) is 24.4 Å². The number of nitrogens with one attached hydrogen (secondary N) is 2. The molecule has 2 rings (SSSR count). The predicted octanol–water partition coefficient (Wildman–Crippen LogP) is 3.96. The van der Waals surface area contributed by atoms with Crippen LogP contribution >= 0.6 is 11.3 Å². The van der Waals surface area contributed by atoms with Gasteiger partial charge in [-0.25, -0.2) is 4.79 Å². The molecule has 1 heterocycles. The molecule has 1 atom stereocenters. The first-order valence-electron chi connectivity index (χ1n) is 9.20. The molecule has 1 aliphatic carbocycles. The number of amides is 3. The van der Waals surface area contributed by atoms with E-state index >= 15 is 0 Å². The van der Waals surface area contributed by atoms with Crippen molar-refractivity contribution >= 4 is 23.3 Å². The smallest absolute Gasteiger partial charge is 0.312 e. The summed E-state index contributed by atoms with van der Waals surface area (Å²) in [6.07, 6.45) is 5.82. The minimum absolute atomic E-state index is 0.0228. The molecule has 3 amide bonds. The van der Waals surface area contributed by atoms with Crippen molar-refractivity contribution < 1.29 is 9.59 Å². The van der Waals surface area contributed by atoms with Gasteiger partial charge in [-0.2, -0.15) is 0 Å². The van der Waals surface area contributed by atoms with E-state index in [1.54, 1.807) is 0 Å². The zero-order valence-corrected chi connectivity index (χ0v) is 16.3. The molecule has 1 fully saturated rings. The van der Waals surface area contributed by atoms with Crippen LogP contribution in [-0.2, 0) is 4.79 Å². The fourth-order valence-corrected chi connectivity index (χ4v) is 4.44. The molecule has 0 saturated heterocycles. The van der Waals surface area contributed by atoms with E-state index in [1.165, 1.54) is 30.6 Å². The van der Waals surface area contributed by atoms with Crippen LogP contribution in [-0.4, -0.2) is 18.0 Å². The molecule has 1 saturated carbocycles. The summed E-state index contributed by atoms with van der Waals surface area (Å²) in [4.78, 5) is 24.6. The van der Waals surface area contributed by atoms with Crippen LogP contribution in [0, 0.1) is 11.3 Å². The average Bonchev–Trinajstić information content (AvgIpc) is 3.08. The SMILES string of the molecule is CCC(C)(C)C1CCC(NC(=O)C[C@@H](NC(N)=O)c2cccs2)CC1. The Hall–Kier alpha value is -1.56. The lowest BCUT2D eigenvalue weighted by Crippen LogP contribution is -2.42. The number of thiophene rings is 1. The number of hydrogen-bond acceptors (Lipinski definition) is 3. The Labute approximate surface area is 154 Å². The van der Waals surface area contributed by atoms with E-state index < -0.39 is 6.03 Å². The predicted molar refractivity (Wildman–Crippen MR) is 102 cm³/mol. The topological polar surface area (TPSA) is 84.2 Å². The second-order valence-electron chi connectivity index (χ2n) is 7.74. The first kappa shape index (κ1) is 19.8. The molecular weight excluding hydrogens is 334 g/mol. The van der Waals surface area contributed by atoms with E-state index in [4.69, 9.17) is 5.73 Å². The molecule has 140 valence electrons. The zero-order valence-electron chi connectivity index (χ0n) is 15.5. The molecule has 25 heavy (non-hydrogen) atoms. The Bertz CT molecular complexity index is 563. The van der Waals surface area contributed by atoms with Gasteiger partial charge in [-0.05, 0) is 48.5 Å². The highest BCUT2D eigenvalue weighted by atomic mass is 32.1. The van der Waals surface area contributed by atoms with Gasteiger partial charge in [-0.15, -0.1) is 11.3 Å². The third kappa shape index (κ3) is 5.73. The van der Waals surface area contributed by atoms with Crippen molar-refractivity contribution in [2.45, 2.75) is 71.4 Å². The number of carbonyl (C=O) groups is 2. The Morgan fingerprint density at radius 1 is 1.32 bits per heavy atom. The zero-order chi connectivity index (χ0) is 18.4. The minimum Gasteiger partial charge on any atom is -0.353 e. The summed E-state index contributed by atoms with van der Waals surface area (Å²) in [6.45, 7) is 6.94. The minimum atomic E-state index is -0.603. The fourth-order valence-electron chi connectivity index (χ4n) is 3.66. The van der Waals surface area contributed by atoms with Crippen molar-refractivity contribution in [2.24, 2.45) is 17.1 Å². The lowest BCUT2D eigenvalue weighted by atomic mass is 9.69. The van der Waals surface area contributed by atoms with E-state index in [1.807, 2.05) is 17.5 Å². The van der Waals surface area contributed by atoms with Crippen molar-refractivity contribution in [2.75, 3.05) is 0 Å². The second-order valence-corrected chi connectivity index (χ2v) is 8.72. The molecule has 6 heteroatoms. The largest absolute Gasteiger partial charge is 0.353 e. The first-order valence-corrected chi connectivity index (χ1v) is 10.1. The van der Waals surface area contributed by atoms with Crippen molar-refractivity contribution in [1.29, 1.82) is 0 Å². The Morgan fingerprint density at radius 2 is 2.00 bits per heavy atom. The van der Waals surface area contributed by atoms with Gasteiger partial charge in [0.1, 0.15) is 0 Å². The summed E-state index contributed by atoms with van der Waals surface area (Å²) in [5, 5.41) is 7.75. The normalized spacial score (nSPS) is 22.2. The Balaban J connectivity index is 1.84. The lowest BCUT2D eigenvalue weighted by molar-refractivity contribution is -0.122. The monoisotopic (exact) mass is 365 g/mol. The van der Waals surface area contributed by atoms with Crippen LogP contribution in [0.25, 0.3) is 0 Å². The summed E-state index contributed by atoms with van der Waals surface area (Å²) in [6, 6.07) is 3.11. The van der Waals surface area contributed by atoms with Gasteiger partial charge in [0.25, 0.3) is 0 Å². The van der Waals surface area contributed by atoms with Crippen LogP contribution in [0.5, 0.6) is 0 Å². The molecule has 0 radical (unpaired) electrons. The van der Waals surface area contributed by atoms with E-state index in [0.717, 1.165) is 23.6 Å². The quantitative estimate of drug-likeness (QED) is 0.683. The summed E-state index contributed by atoms with van der Waals surface area (Å²) < 4.78 is 0. The molecule has 0 bridgehead atoms. The van der Waals surface area contributed by atoms with Crippen LogP contribution < -0.4 is 16.4 Å². The number of hydrogen-bond donors (Lipinski definition) is 3. The van der Waals surface area contributed by atoms with Gasteiger partial charge >= 0.3 is 6.03 Å². The molecule has 1 aromatic rings. The van der Waals surface area contributed by atoms with Gasteiger partial charge in [0.05, 0.1) is 12.5 Å². The highest BCUT2D eigenvalue weighted by Gasteiger charge is 2.32. The highest BCUT2D eigenvalue weighted by molar-refractivity contribution is 7.10. The number of primary amides is 1. The van der Waals surface area contributed by atoms with Gasteiger partial charge < -0.3 is 16.4 Å². The van der Waals surface area contributed by atoms with Crippen molar-refractivity contribution in [1.82, 2.24) is 10.6 Å². The van der Waals surface area contributed by atoms with Gasteiger partial charge in [0.2, 0.25) is 5.91 Å². The average molecular weight is 366 g/mol. The van der Waals surface area contributed by atoms with Gasteiger partial charge in [0.15, 0.2) is 0 Å². The third-order valence-electron chi connectivity index (χ3n) is 5.70. The van der Waals surface area contributed by atoms with Crippen LogP contribution in [0.2, 0.25) is 0 Å². The molecule has 4 N–H and O–H groups in total. The van der Waals surface area contributed by atoms with E-state index in [2.05, 4.69) is 31.4 Å². The first-order chi connectivity index (χ1) is 11.8.